The molecule has 0 spiro atoms. The second-order valence-corrected chi connectivity index (χ2v) is 8.19. The Bertz CT molecular complexity index is 670. The third-order valence-corrected chi connectivity index (χ3v) is 5.63. The van der Waals surface area contributed by atoms with E-state index in [2.05, 4.69) is 6.92 Å². The summed E-state index contributed by atoms with van der Waals surface area (Å²) >= 11 is 0. The average molecular weight is 429 g/mol. The summed E-state index contributed by atoms with van der Waals surface area (Å²) in [6.07, 6.45) is 11.3. The quantitative estimate of drug-likeness (QED) is 0.272. The van der Waals surface area contributed by atoms with Crippen LogP contribution in [0.1, 0.15) is 81.8 Å². The molecule has 0 saturated carbocycles. The van der Waals surface area contributed by atoms with E-state index in [4.69, 9.17) is 9.47 Å². The molecule has 0 bridgehead atoms. The van der Waals surface area contributed by atoms with Gasteiger partial charge in [-0.3, -0.25) is 0 Å². The molecule has 31 heavy (non-hydrogen) atoms. The largest absolute Gasteiger partial charge is 0.508 e. The lowest BCUT2D eigenvalue weighted by molar-refractivity contribution is 0.0779. The first kappa shape index (κ1) is 25.2. The molecular weight excluding hydrogens is 388 g/mol. The predicted octanol–water partition coefficient (Wildman–Crippen LogP) is 6.79. The topological polar surface area (TPSA) is 58.9 Å². The van der Waals surface area contributed by atoms with Gasteiger partial charge in [-0.25, -0.2) is 0 Å². The highest BCUT2D eigenvalue weighted by Gasteiger charge is 2.20. The van der Waals surface area contributed by atoms with Crippen LogP contribution in [-0.2, 0) is 9.47 Å². The number of phenolic OH excluding ortho intramolecular Hbond substituents is 2. The first-order valence-electron chi connectivity index (χ1n) is 11.9. The van der Waals surface area contributed by atoms with Crippen LogP contribution in [0.25, 0.3) is 0 Å². The van der Waals surface area contributed by atoms with Gasteiger partial charge in [0.1, 0.15) is 11.5 Å². The van der Waals surface area contributed by atoms with E-state index in [1.807, 2.05) is 24.3 Å². The van der Waals surface area contributed by atoms with E-state index in [1.165, 1.54) is 44.9 Å². The fourth-order valence-corrected chi connectivity index (χ4v) is 3.82. The van der Waals surface area contributed by atoms with Gasteiger partial charge in [-0.2, -0.15) is 0 Å². The smallest absolute Gasteiger partial charge is 0.119 e. The fraction of sp³-hybridized carbons (Fsp3) is 0.556. The molecule has 0 atom stereocenters. The Morgan fingerprint density at radius 3 is 1.68 bits per heavy atom. The van der Waals surface area contributed by atoms with Crippen molar-refractivity contribution in [2.75, 3.05) is 26.4 Å². The van der Waals surface area contributed by atoms with Crippen molar-refractivity contribution < 1.29 is 19.7 Å². The number of para-hydroxylation sites is 2. The van der Waals surface area contributed by atoms with Gasteiger partial charge in [0.05, 0.1) is 6.61 Å². The van der Waals surface area contributed by atoms with Crippen molar-refractivity contribution in [2.45, 2.75) is 70.6 Å². The Hall–Kier alpha value is -2.04. The van der Waals surface area contributed by atoms with Crippen LogP contribution in [0.2, 0.25) is 0 Å². The van der Waals surface area contributed by atoms with Gasteiger partial charge in [-0.05, 0) is 25.0 Å². The molecule has 0 fully saturated rings. The Morgan fingerprint density at radius 1 is 0.613 bits per heavy atom. The minimum Gasteiger partial charge on any atom is -0.508 e. The molecule has 172 valence electrons. The molecule has 2 N–H and O–H groups in total. The van der Waals surface area contributed by atoms with Gasteiger partial charge in [-0.15, -0.1) is 0 Å². The maximum atomic E-state index is 10.3. The average Bonchev–Trinajstić information content (AvgIpc) is 2.78. The van der Waals surface area contributed by atoms with Crippen LogP contribution in [0.5, 0.6) is 11.5 Å². The molecule has 0 aliphatic heterocycles. The Labute approximate surface area is 188 Å². The SMILES string of the molecule is CCCCCCCCCCOCCCOCC(c1ccccc1O)c1ccccc1O. The summed E-state index contributed by atoms with van der Waals surface area (Å²) in [6.45, 7) is 4.77. The van der Waals surface area contributed by atoms with E-state index in [9.17, 15) is 10.2 Å². The number of benzene rings is 2. The van der Waals surface area contributed by atoms with Gasteiger partial charge >= 0.3 is 0 Å². The van der Waals surface area contributed by atoms with E-state index in [-0.39, 0.29) is 17.4 Å². The van der Waals surface area contributed by atoms with Gasteiger partial charge in [0.2, 0.25) is 0 Å². The Balaban J connectivity index is 1.63. The van der Waals surface area contributed by atoms with Crippen molar-refractivity contribution in [3.05, 3.63) is 59.7 Å². The van der Waals surface area contributed by atoms with Crippen molar-refractivity contribution in [2.24, 2.45) is 0 Å². The Kier molecular flexibility index (Phi) is 12.8. The minimum absolute atomic E-state index is 0.216. The third kappa shape index (κ3) is 9.75. The zero-order chi connectivity index (χ0) is 22.2. The second kappa shape index (κ2) is 15.7. The van der Waals surface area contributed by atoms with E-state index in [1.54, 1.807) is 24.3 Å². The number of hydrogen-bond acceptors (Lipinski definition) is 4. The highest BCUT2D eigenvalue weighted by Crippen LogP contribution is 2.35. The van der Waals surface area contributed by atoms with E-state index >= 15 is 0 Å². The molecule has 0 radical (unpaired) electrons. The summed E-state index contributed by atoms with van der Waals surface area (Å²) in [5, 5.41) is 20.6. The second-order valence-electron chi connectivity index (χ2n) is 8.19. The summed E-state index contributed by atoms with van der Waals surface area (Å²) in [5.74, 6) is 0.210. The molecule has 0 heterocycles. The molecule has 0 aliphatic carbocycles. The van der Waals surface area contributed by atoms with Crippen LogP contribution >= 0.6 is 0 Å². The van der Waals surface area contributed by atoms with Gasteiger partial charge in [-0.1, -0.05) is 88.3 Å². The zero-order valence-corrected chi connectivity index (χ0v) is 19.1. The zero-order valence-electron chi connectivity index (χ0n) is 19.1. The van der Waals surface area contributed by atoms with Gasteiger partial charge in [0, 0.05) is 36.9 Å². The number of rotatable bonds is 17. The third-order valence-electron chi connectivity index (χ3n) is 5.63. The fourth-order valence-electron chi connectivity index (χ4n) is 3.82. The van der Waals surface area contributed by atoms with Crippen LogP contribution in [0.3, 0.4) is 0 Å². The summed E-state index contributed by atoms with van der Waals surface area (Å²) < 4.78 is 11.6. The summed E-state index contributed by atoms with van der Waals surface area (Å²) in [6, 6.07) is 14.5. The molecule has 0 saturated heterocycles. The minimum atomic E-state index is -0.222. The van der Waals surface area contributed by atoms with Crippen molar-refractivity contribution in [1.29, 1.82) is 0 Å². The van der Waals surface area contributed by atoms with Crippen LogP contribution in [0, 0.1) is 0 Å². The number of phenols is 2. The standard InChI is InChI=1S/C27H40O4/c1-2-3-4-5-6-7-8-13-19-30-20-14-21-31-22-25(23-15-9-11-17-26(23)28)24-16-10-12-18-27(24)29/h9-12,15-18,25,28-29H,2-8,13-14,19-22H2,1H3. The molecule has 4 heteroatoms. The number of ether oxygens (including phenoxy) is 2. The van der Waals surface area contributed by atoms with E-state index in [0.29, 0.717) is 19.8 Å². The van der Waals surface area contributed by atoms with Gasteiger partial charge in [0.15, 0.2) is 0 Å². The summed E-state index contributed by atoms with van der Waals surface area (Å²) in [7, 11) is 0. The normalized spacial score (nSPS) is 11.3. The molecule has 2 rings (SSSR count). The molecule has 0 unspecified atom stereocenters. The molecule has 0 aromatic heterocycles. The van der Waals surface area contributed by atoms with Crippen molar-refractivity contribution in [3.8, 4) is 11.5 Å². The van der Waals surface area contributed by atoms with Crippen molar-refractivity contribution in [1.82, 2.24) is 0 Å². The first-order valence-corrected chi connectivity index (χ1v) is 11.9. The lowest BCUT2D eigenvalue weighted by atomic mass is 9.90. The van der Waals surface area contributed by atoms with Gasteiger partial charge in [0.25, 0.3) is 0 Å². The van der Waals surface area contributed by atoms with Crippen LogP contribution in [0.15, 0.2) is 48.5 Å². The summed E-state index contributed by atoms with van der Waals surface area (Å²) in [5.41, 5.74) is 1.52. The Morgan fingerprint density at radius 2 is 1.10 bits per heavy atom. The highest BCUT2D eigenvalue weighted by atomic mass is 16.5. The molecule has 4 nitrogen and oxygen atoms in total. The maximum absolute atomic E-state index is 10.3. The van der Waals surface area contributed by atoms with Gasteiger partial charge < -0.3 is 19.7 Å². The van der Waals surface area contributed by atoms with Crippen LogP contribution in [0.4, 0.5) is 0 Å². The number of unbranched alkanes of at least 4 members (excludes halogenated alkanes) is 7. The lowest BCUT2D eigenvalue weighted by Gasteiger charge is -2.20. The monoisotopic (exact) mass is 428 g/mol. The maximum Gasteiger partial charge on any atom is 0.119 e. The van der Waals surface area contributed by atoms with E-state index in [0.717, 1.165) is 30.6 Å². The molecule has 2 aromatic rings. The molecular formula is C27H40O4. The molecule has 0 aliphatic rings. The van der Waals surface area contributed by atoms with Crippen LogP contribution < -0.4 is 0 Å². The predicted molar refractivity (Wildman–Crippen MR) is 127 cm³/mol. The number of aromatic hydroxyl groups is 2. The van der Waals surface area contributed by atoms with Crippen LogP contribution in [-0.4, -0.2) is 36.6 Å². The molecule has 0 amide bonds. The van der Waals surface area contributed by atoms with Crippen molar-refractivity contribution in [3.63, 3.8) is 0 Å². The molecule has 2 aromatic carbocycles. The first-order chi connectivity index (χ1) is 15.2. The van der Waals surface area contributed by atoms with Crippen molar-refractivity contribution >= 4 is 0 Å². The van der Waals surface area contributed by atoms with E-state index < -0.39 is 0 Å². The summed E-state index contributed by atoms with van der Waals surface area (Å²) in [4.78, 5) is 0. The lowest BCUT2D eigenvalue weighted by Crippen LogP contribution is -2.12. The highest BCUT2D eigenvalue weighted by molar-refractivity contribution is 5.46. The number of hydrogen-bond donors (Lipinski definition) is 2.